The summed E-state index contributed by atoms with van der Waals surface area (Å²) in [5.41, 5.74) is -0.257. The molecule has 18 heavy (non-hydrogen) atoms. The van der Waals surface area contributed by atoms with E-state index in [1.165, 1.54) is 11.7 Å². The van der Waals surface area contributed by atoms with E-state index >= 15 is 0 Å². The van der Waals surface area contributed by atoms with Crippen LogP contribution in [-0.4, -0.2) is 29.4 Å². The van der Waals surface area contributed by atoms with Crippen LogP contribution in [0.4, 0.5) is 0 Å². The Hall–Kier alpha value is -2.13. The zero-order chi connectivity index (χ0) is 13.7. The second kappa shape index (κ2) is 5.98. The van der Waals surface area contributed by atoms with Crippen LogP contribution < -0.4 is 5.56 Å². The van der Waals surface area contributed by atoms with Gasteiger partial charge in [-0.3, -0.25) is 4.79 Å². The zero-order valence-electron chi connectivity index (χ0n) is 10.3. The van der Waals surface area contributed by atoms with E-state index in [9.17, 15) is 9.59 Å². The van der Waals surface area contributed by atoms with Crippen molar-refractivity contribution in [3.63, 3.8) is 0 Å². The van der Waals surface area contributed by atoms with Crippen molar-refractivity contribution in [1.29, 1.82) is 5.26 Å². The molecule has 96 valence electrons. The Kier molecular flexibility index (Phi) is 4.63. The minimum Gasteiger partial charge on any atom is -0.478 e. The molecule has 0 fully saturated rings. The summed E-state index contributed by atoms with van der Waals surface area (Å²) in [4.78, 5) is 23.1. The number of ether oxygens (including phenoxy) is 1. The molecule has 0 saturated heterocycles. The third-order valence-electron chi connectivity index (χ3n) is 2.61. The van der Waals surface area contributed by atoms with E-state index in [4.69, 9.17) is 15.1 Å². The maximum Gasteiger partial charge on any atom is 0.337 e. The van der Waals surface area contributed by atoms with Gasteiger partial charge in [0.2, 0.25) is 0 Å². The van der Waals surface area contributed by atoms with Gasteiger partial charge in [-0.2, -0.15) is 5.26 Å². The average Bonchev–Trinajstić information content (AvgIpc) is 2.35. The molecule has 0 amide bonds. The van der Waals surface area contributed by atoms with Crippen molar-refractivity contribution < 1.29 is 14.6 Å². The summed E-state index contributed by atoms with van der Waals surface area (Å²) >= 11 is 0. The van der Waals surface area contributed by atoms with E-state index in [0.29, 0.717) is 25.3 Å². The second-order valence-corrected chi connectivity index (χ2v) is 3.63. The number of hydrogen-bond acceptors (Lipinski definition) is 4. The molecule has 1 heterocycles. The van der Waals surface area contributed by atoms with Crippen LogP contribution in [0.15, 0.2) is 10.9 Å². The standard InChI is InChI=1S/C12H14N2O4/c1-3-14-10(4-5-18-2)9(12(16)17)6-8(7-13)11(14)15/h6H,3-5H2,1-2H3,(H,16,17). The highest BCUT2D eigenvalue weighted by atomic mass is 16.5. The molecule has 0 unspecified atom stereocenters. The van der Waals surface area contributed by atoms with Gasteiger partial charge >= 0.3 is 5.97 Å². The Morgan fingerprint density at radius 2 is 2.28 bits per heavy atom. The first kappa shape index (κ1) is 13.9. The van der Waals surface area contributed by atoms with Gasteiger partial charge in [-0.15, -0.1) is 0 Å². The maximum atomic E-state index is 11.9. The van der Waals surface area contributed by atoms with Crippen LogP contribution in [0.2, 0.25) is 0 Å². The molecule has 6 heteroatoms. The Morgan fingerprint density at radius 3 is 2.72 bits per heavy atom. The van der Waals surface area contributed by atoms with Crippen LogP contribution in [0.3, 0.4) is 0 Å². The Bertz CT molecular complexity index is 554. The molecule has 0 atom stereocenters. The summed E-state index contributed by atoms with van der Waals surface area (Å²) in [5, 5.41) is 18.0. The van der Waals surface area contributed by atoms with Crippen LogP contribution in [-0.2, 0) is 17.7 Å². The average molecular weight is 250 g/mol. The number of pyridine rings is 1. The number of rotatable bonds is 5. The lowest BCUT2D eigenvalue weighted by Gasteiger charge is -2.14. The largest absolute Gasteiger partial charge is 0.478 e. The molecule has 0 radical (unpaired) electrons. The van der Waals surface area contributed by atoms with Crippen LogP contribution in [0.5, 0.6) is 0 Å². The third-order valence-corrected chi connectivity index (χ3v) is 2.61. The molecular weight excluding hydrogens is 236 g/mol. The number of hydrogen-bond donors (Lipinski definition) is 1. The molecule has 0 spiro atoms. The van der Waals surface area contributed by atoms with Gasteiger partial charge in [0.25, 0.3) is 5.56 Å². The molecule has 0 aromatic carbocycles. The molecule has 0 bridgehead atoms. The predicted octanol–water partition coefficient (Wildman–Crippen LogP) is 0.627. The Labute approximate surface area is 104 Å². The molecule has 0 saturated carbocycles. The van der Waals surface area contributed by atoms with E-state index in [2.05, 4.69) is 0 Å². The molecule has 1 aromatic rings. The third kappa shape index (κ3) is 2.57. The fourth-order valence-electron chi connectivity index (χ4n) is 1.77. The van der Waals surface area contributed by atoms with Gasteiger partial charge in [0.15, 0.2) is 0 Å². The number of aromatic nitrogens is 1. The predicted molar refractivity (Wildman–Crippen MR) is 63.6 cm³/mol. The van der Waals surface area contributed by atoms with Gasteiger partial charge in [0.1, 0.15) is 11.6 Å². The lowest BCUT2D eigenvalue weighted by atomic mass is 10.1. The summed E-state index contributed by atoms with van der Waals surface area (Å²) in [6, 6.07) is 2.85. The van der Waals surface area contributed by atoms with Gasteiger partial charge < -0.3 is 14.4 Å². The van der Waals surface area contributed by atoms with Crippen LogP contribution in [0, 0.1) is 11.3 Å². The van der Waals surface area contributed by atoms with E-state index in [0.717, 1.165) is 6.07 Å². The van der Waals surface area contributed by atoms with Crippen molar-refractivity contribution in [2.75, 3.05) is 13.7 Å². The van der Waals surface area contributed by atoms with E-state index < -0.39 is 11.5 Å². The van der Waals surface area contributed by atoms with Gasteiger partial charge in [-0.25, -0.2) is 4.79 Å². The maximum absolute atomic E-state index is 11.9. The Balaban J connectivity index is 3.53. The topological polar surface area (TPSA) is 92.3 Å². The highest BCUT2D eigenvalue weighted by Crippen LogP contribution is 2.10. The van der Waals surface area contributed by atoms with Crippen molar-refractivity contribution in [2.45, 2.75) is 19.9 Å². The number of nitriles is 1. The lowest BCUT2D eigenvalue weighted by Crippen LogP contribution is -2.28. The smallest absolute Gasteiger partial charge is 0.337 e. The lowest BCUT2D eigenvalue weighted by molar-refractivity contribution is 0.0693. The molecule has 1 rings (SSSR count). The number of carbonyl (C=O) groups is 1. The first-order valence-corrected chi connectivity index (χ1v) is 5.45. The minimum atomic E-state index is -1.15. The summed E-state index contributed by atoms with van der Waals surface area (Å²) < 4.78 is 6.21. The van der Waals surface area contributed by atoms with Gasteiger partial charge in [-0.05, 0) is 13.0 Å². The second-order valence-electron chi connectivity index (χ2n) is 3.63. The molecule has 1 aromatic heterocycles. The first-order chi connectivity index (χ1) is 8.56. The summed E-state index contributed by atoms with van der Waals surface area (Å²) in [5.74, 6) is -1.15. The molecule has 0 aliphatic carbocycles. The van der Waals surface area contributed by atoms with Crippen LogP contribution >= 0.6 is 0 Å². The normalized spacial score (nSPS) is 10.1. The van der Waals surface area contributed by atoms with E-state index in [1.807, 2.05) is 0 Å². The zero-order valence-corrected chi connectivity index (χ0v) is 10.3. The summed E-state index contributed by atoms with van der Waals surface area (Å²) in [6.45, 7) is 2.35. The van der Waals surface area contributed by atoms with Crippen LogP contribution in [0.1, 0.15) is 28.5 Å². The summed E-state index contributed by atoms with van der Waals surface area (Å²) in [7, 11) is 1.50. The van der Waals surface area contributed by atoms with Gasteiger partial charge in [-0.1, -0.05) is 0 Å². The quantitative estimate of drug-likeness (QED) is 0.827. The van der Waals surface area contributed by atoms with E-state index in [-0.39, 0.29) is 11.1 Å². The number of carboxylic acids is 1. The molecule has 0 aliphatic rings. The van der Waals surface area contributed by atoms with Crippen molar-refractivity contribution in [3.05, 3.63) is 33.2 Å². The van der Waals surface area contributed by atoms with Crippen molar-refractivity contribution in [3.8, 4) is 6.07 Å². The minimum absolute atomic E-state index is 0.0231. The van der Waals surface area contributed by atoms with Gasteiger partial charge in [0, 0.05) is 25.8 Å². The number of carboxylic acid groups (broad SMARTS) is 1. The van der Waals surface area contributed by atoms with Crippen molar-refractivity contribution >= 4 is 5.97 Å². The molecule has 1 N–H and O–H groups in total. The highest BCUT2D eigenvalue weighted by Gasteiger charge is 2.18. The Morgan fingerprint density at radius 1 is 1.61 bits per heavy atom. The number of methoxy groups -OCH3 is 1. The van der Waals surface area contributed by atoms with Gasteiger partial charge in [0.05, 0.1) is 12.2 Å². The number of aromatic carboxylic acids is 1. The molecule has 0 aliphatic heterocycles. The summed E-state index contributed by atoms with van der Waals surface area (Å²) in [6.07, 6.45) is 0.312. The first-order valence-electron chi connectivity index (χ1n) is 5.45. The monoisotopic (exact) mass is 250 g/mol. The van der Waals surface area contributed by atoms with Crippen LogP contribution in [0.25, 0.3) is 0 Å². The number of nitrogens with zero attached hydrogens (tertiary/aromatic N) is 2. The fourth-order valence-corrected chi connectivity index (χ4v) is 1.77. The molecule has 6 nitrogen and oxygen atoms in total. The fraction of sp³-hybridized carbons (Fsp3) is 0.417. The highest BCUT2D eigenvalue weighted by molar-refractivity contribution is 5.89. The van der Waals surface area contributed by atoms with E-state index in [1.54, 1.807) is 13.0 Å². The molecular formula is C12H14N2O4. The van der Waals surface area contributed by atoms with Crippen molar-refractivity contribution in [1.82, 2.24) is 4.57 Å². The SMILES string of the molecule is CCn1c(CCOC)c(C(=O)O)cc(C#N)c1=O. The van der Waals surface area contributed by atoms with Crippen molar-refractivity contribution in [2.24, 2.45) is 0 Å².